The summed E-state index contributed by atoms with van der Waals surface area (Å²) in [7, 11) is 0. The number of nitrogen functional groups attached to an aromatic ring is 1. The fourth-order valence-corrected chi connectivity index (χ4v) is 1.46. The van der Waals surface area contributed by atoms with E-state index in [9.17, 15) is 4.79 Å². The number of hydrogen-bond donors (Lipinski definition) is 2. The molecule has 0 bridgehead atoms. The molecule has 4 heteroatoms. The average Bonchev–Trinajstić information content (AvgIpc) is 2.60. The summed E-state index contributed by atoms with van der Waals surface area (Å²) in [6, 6.07) is 1.38. The van der Waals surface area contributed by atoms with Crippen LogP contribution in [0.15, 0.2) is 12.3 Å². The zero-order valence-electron chi connectivity index (χ0n) is 9.66. The van der Waals surface area contributed by atoms with Crippen LogP contribution in [-0.4, -0.2) is 16.5 Å². The van der Waals surface area contributed by atoms with E-state index in [0.717, 1.165) is 13.0 Å². The van der Waals surface area contributed by atoms with Gasteiger partial charge in [-0.2, -0.15) is 0 Å². The molecule has 0 aliphatic heterocycles. The number of nitrogens with one attached hydrogen (secondary N) is 1. The zero-order valence-corrected chi connectivity index (χ0v) is 9.66. The fourth-order valence-electron chi connectivity index (χ4n) is 1.46. The van der Waals surface area contributed by atoms with Crippen LogP contribution in [0.4, 0.5) is 5.69 Å². The lowest BCUT2D eigenvalue weighted by Gasteiger charge is -2.10. The molecule has 1 unspecified atom stereocenters. The number of hydrogen-bond acceptors (Lipinski definition) is 2. The summed E-state index contributed by atoms with van der Waals surface area (Å²) >= 11 is 0. The van der Waals surface area contributed by atoms with Gasteiger partial charge >= 0.3 is 0 Å². The van der Waals surface area contributed by atoms with Crippen LogP contribution in [0.5, 0.6) is 0 Å². The summed E-state index contributed by atoms with van der Waals surface area (Å²) in [6.07, 6.45) is 7.91. The van der Waals surface area contributed by atoms with Crippen molar-refractivity contribution in [1.82, 2.24) is 9.88 Å². The van der Waals surface area contributed by atoms with Crippen LogP contribution in [0.25, 0.3) is 0 Å². The Kier molecular flexibility index (Phi) is 4.01. The van der Waals surface area contributed by atoms with Crippen molar-refractivity contribution in [3.8, 4) is 12.3 Å². The molecule has 0 aliphatic carbocycles. The summed E-state index contributed by atoms with van der Waals surface area (Å²) in [5.74, 6) is 2.27. The van der Waals surface area contributed by atoms with E-state index in [1.807, 2.05) is 11.5 Å². The van der Waals surface area contributed by atoms with Gasteiger partial charge in [-0.15, -0.1) is 6.42 Å². The molecule has 0 aliphatic rings. The molecule has 1 atom stereocenters. The van der Waals surface area contributed by atoms with Crippen molar-refractivity contribution < 1.29 is 4.79 Å². The zero-order chi connectivity index (χ0) is 12.1. The third-order valence-corrected chi connectivity index (χ3v) is 2.21. The van der Waals surface area contributed by atoms with Crippen molar-refractivity contribution >= 4 is 11.6 Å². The van der Waals surface area contributed by atoms with E-state index in [0.29, 0.717) is 11.4 Å². The summed E-state index contributed by atoms with van der Waals surface area (Å²) in [4.78, 5) is 11.8. The minimum absolute atomic E-state index is 0.185. The number of terminal acetylenes is 1. The quantitative estimate of drug-likeness (QED) is 0.748. The Balaban J connectivity index is 2.86. The van der Waals surface area contributed by atoms with Crippen molar-refractivity contribution in [3.63, 3.8) is 0 Å². The minimum atomic E-state index is -0.279. The van der Waals surface area contributed by atoms with E-state index in [-0.39, 0.29) is 11.9 Å². The highest BCUT2D eigenvalue weighted by atomic mass is 16.2. The smallest absolute Gasteiger partial charge is 0.268 e. The highest BCUT2D eigenvalue weighted by Crippen LogP contribution is 2.11. The second-order valence-electron chi connectivity index (χ2n) is 3.71. The molecule has 0 spiro atoms. The van der Waals surface area contributed by atoms with Crippen LogP contribution < -0.4 is 11.1 Å². The van der Waals surface area contributed by atoms with Gasteiger partial charge in [-0.3, -0.25) is 4.79 Å². The molecule has 1 aromatic heterocycles. The van der Waals surface area contributed by atoms with Gasteiger partial charge in [0.15, 0.2) is 0 Å². The third kappa shape index (κ3) is 2.80. The maximum atomic E-state index is 11.8. The molecule has 3 N–H and O–H groups in total. The van der Waals surface area contributed by atoms with Crippen molar-refractivity contribution in [3.05, 3.63) is 18.0 Å². The molecule has 1 aromatic rings. The molecule has 0 saturated heterocycles. The van der Waals surface area contributed by atoms with E-state index < -0.39 is 0 Å². The van der Waals surface area contributed by atoms with Crippen molar-refractivity contribution in [2.24, 2.45) is 0 Å². The SMILES string of the molecule is C#CC(C)NC(=O)c1cc(N)cn1CCC. The number of rotatable bonds is 4. The number of carbonyl (C=O) groups is 1. The Morgan fingerprint density at radius 1 is 1.75 bits per heavy atom. The summed E-state index contributed by atoms with van der Waals surface area (Å²) in [5, 5.41) is 2.71. The van der Waals surface area contributed by atoms with Gasteiger partial charge in [0, 0.05) is 12.7 Å². The second-order valence-corrected chi connectivity index (χ2v) is 3.71. The maximum absolute atomic E-state index is 11.8. The molecule has 0 fully saturated rings. The molecule has 1 heterocycles. The number of nitrogens with two attached hydrogens (primary N) is 1. The predicted molar refractivity (Wildman–Crippen MR) is 64.9 cm³/mol. The summed E-state index contributed by atoms with van der Waals surface area (Å²) in [6.45, 7) is 4.57. The number of amides is 1. The largest absolute Gasteiger partial charge is 0.397 e. The number of aryl methyl sites for hydroxylation is 1. The highest BCUT2D eigenvalue weighted by Gasteiger charge is 2.13. The Morgan fingerprint density at radius 2 is 2.44 bits per heavy atom. The minimum Gasteiger partial charge on any atom is -0.397 e. The van der Waals surface area contributed by atoms with Crippen LogP contribution in [-0.2, 0) is 6.54 Å². The van der Waals surface area contributed by atoms with Gasteiger partial charge in [-0.1, -0.05) is 12.8 Å². The first-order valence-corrected chi connectivity index (χ1v) is 5.31. The predicted octanol–water partition coefficient (Wildman–Crippen LogP) is 1.23. The van der Waals surface area contributed by atoms with Crippen LogP contribution in [0, 0.1) is 12.3 Å². The first kappa shape index (κ1) is 12.2. The number of anilines is 1. The molecule has 16 heavy (non-hydrogen) atoms. The first-order chi connectivity index (χ1) is 7.58. The molecule has 4 nitrogen and oxygen atoms in total. The molecule has 86 valence electrons. The van der Waals surface area contributed by atoms with E-state index in [1.165, 1.54) is 0 Å². The monoisotopic (exact) mass is 219 g/mol. The normalized spacial score (nSPS) is 11.8. The Bertz CT molecular complexity index is 414. The van der Waals surface area contributed by atoms with Crippen molar-refractivity contribution in [2.45, 2.75) is 32.9 Å². The van der Waals surface area contributed by atoms with E-state index in [1.54, 1.807) is 19.2 Å². The lowest BCUT2D eigenvalue weighted by molar-refractivity contribution is 0.0938. The first-order valence-electron chi connectivity index (χ1n) is 5.31. The molecular weight excluding hydrogens is 202 g/mol. The topological polar surface area (TPSA) is 60.1 Å². The molecule has 1 amide bonds. The standard InChI is InChI=1S/C12H17N3O/c1-4-6-15-8-10(13)7-11(15)12(16)14-9(3)5-2/h2,7-9H,4,6,13H2,1,3H3,(H,14,16). The van der Waals surface area contributed by atoms with Gasteiger partial charge in [0.05, 0.1) is 11.7 Å². The van der Waals surface area contributed by atoms with Crippen molar-refractivity contribution in [2.75, 3.05) is 5.73 Å². The summed E-state index contributed by atoms with van der Waals surface area (Å²) < 4.78 is 1.84. The molecule has 0 saturated carbocycles. The Hall–Kier alpha value is -1.89. The lowest BCUT2D eigenvalue weighted by Crippen LogP contribution is -2.32. The number of aromatic nitrogens is 1. The highest BCUT2D eigenvalue weighted by molar-refractivity contribution is 5.94. The van der Waals surface area contributed by atoms with Gasteiger partial charge in [-0.05, 0) is 19.4 Å². The van der Waals surface area contributed by atoms with Crippen LogP contribution >= 0.6 is 0 Å². The summed E-state index contributed by atoms with van der Waals surface area (Å²) in [5.41, 5.74) is 6.82. The number of carbonyl (C=O) groups excluding carboxylic acids is 1. The molecule has 1 rings (SSSR count). The fraction of sp³-hybridized carbons (Fsp3) is 0.417. The third-order valence-electron chi connectivity index (χ3n) is 2.21. The van der Waals surface area contributed by atoms with E-state index >= 15 is 0 Å². The van der Waals surface area contributed by atoms with Crippen LogP contribution in [0.3, 0.4) is 0 Å². The maximum Gasteiger partial charge on any atom is 0.268 e. The van der Waals surface area contributed by atoms with Gasteiger partial charge in [0.25, 0.3) is 5.91 Å². The van der Waals surface area contributed by atoms with Crippen LogP contribution in [0.1, 0.15) is 30.8 Å². The van der Waals surface area contributed by atoms with Crippen molar-refractivity contribution in [1.29, 1.82) is 0 Å². The van der Waals surface area contributed by atoms with Gasteiger partial charge in [0.1, 0.15) is 5.69 Å². The second kappa shape index (κ2) is 5.26. The Labute approximate surface area is 95.8 Å². The van der Waals surface area contributed by atoms with Crippen LogP contribution in [0.2, 0.25) is 0 Å². The van der Waals surface area contributed by atoms with Gasteiger partial charge in [-0.25, -0.2) is 0 Å². The number of nitrogens with zero attached hydrogens (tertiary/aromatic N) is 1. The van der Waals surface area contributed by atoms with Gasteiger partial charge in [0.2, 0.25) is 0 Å². The van der Waals surface area contributed by atoms with E-state index in [4.69, 9.17) is 12.2 Å². The van der Waals surface area contributed by atoms with Gasteiger partial charge < -0.3 is 15.6 Å². The lowest BCUT2D eigenvalue weighted by atomic mass is 10.3. The van der Waals surface area contributed by atoms with E-state index in [2.05, 4.69) is 11.2 Å². The Morgan fingerprint density at radius 3 is 3.00 bits per heavy atom. The molecular formula is C12H17N3O. The molecule has 0 aromatic carbocycles. The average molecular weight is 219 g/mol. The molecule has 0 radical (unpaired) electrons.